The number of carbonyl (C=O) groups is 4. The molecule has 0 fully saturated rings. The van der Waals surface area contributed by atoms with Crippen LogP contribution in [0.3, 0.4) is 0 Å². The summed E-state index contributed by atoms with van der Waals surface area (Å²) in [6.45, 7) is 7.35. The van der Waals surface area contributed by atoms with Crippen LogP contribution in [0, 0.1) is 0 Å². The normalized spacial score (nSPS) is 19.1. The maximum atomic E-state index is 13.1. The maximum absolute atomic E-state index is 13.1. The van der Waals surface area contributed by atoms with Crippen molar-refractivity contribution in [2.75, 3.05) is 27.1 Å². The molecule has 2 aliphatic rings. The molecule has 1 aliphatic heterocycles. The van der Waals surface area contributed by atoms with Crippen LogP contribution in [0.5, 0.6) is 0 Å². The second-order valence-electron chi connectivity index (χ2n) is 7.79. The Hall–Kier alpha value is -3.12. The molecule has 206 valence electrons. The van der Waals surface area contributed by atoms with Gasteiger partial charge >= 0.3 is 12.0 Å². The lowest BCUT2D eigenvalue weighted by molar-refractivity contribution is -0.142. The molecule has 0 aromatic rings. The minimum atomic E-state index is -1.28. The van der Waals surface area contributed by atoms with Crippen molar-refractivity contribution in [2.45, 2.75) is 64.8 Å². The molecule has 2 N–H and O–H groups in total. The lowest BCUT2D eigenvalue weighted by atomic mass is 10.1. The van der Waals surface area contributed by atoms with Crippen LogP contribution in [0.1, 0.15) is 40.5 Å². The number of urea groups is 1. The predicted molar refractivity (Wildman–Crippen MR) is 143 cm³/mol. The SMILES string of the molecule is CC.COC(=O)C1CCSC(NC(=O)[C@H](C(C)OC)N(C=O)C(=O)N[C@@H](C)C2=CC=C(OC)C=CC2)=N1. The zero-order valence-corrected chi connectivity index (χ0v) is 23.3. The van der Waals surface area contributed by atoms with Crippen LogP contribution in [-0.4, -0.2) is 85.7 Å². The van der Waals surface area contributed by atoms with E-state index in [1.54, 1.807) is 27.0 Å². The number of rotatable bonds is 9. The highest BCUT2D eigenvalue weighted by atomic mass is 32.2. The summed E-state index contributed by atoms with van der Waals surface area (Å²) in [5, 5.41) is 5.58. The zero-order valence-electron chi connectivity index (χ0n) is 22.5. The van der Waals surface area contributed by atoms with E-state index in [1.807, 2.05) is 32.1 Å². The van der Waals surface area contributed by atoms with Crippen LogP contribution in [0.15, 0.2) is 40.6 Å². The number of aliphatic imine (C=N–C) groups is 1. The van der Waals surface area contributed by atoms with Gasteiger partial charge in [0, 0.05) is 18.9 Å². The van der Waals surface area contributed by atoms with Gasteiger partial charge in [0.05, 0.1) is 20.3 Å². The third-order valence-electron chi connectivity index (χ3n) is 5.57. The molecule has 2 rings (SSSR count). The molecule has 11 nitrogen and oxygen atoms in total. The second-order valence-corrected chi connectivity index (χ2v) is 8.87. The first kappa shape index (κ1) is 31.9. The van der Waals surface area contributed by atoms with E-state index in [-0.39, 0.29) is 5.17 Å². The average molecular weight is 539 g/mol. The molecule has 0 aromatic heterocycles. The molecule has 37 heavy (non-hydrogen) atoms. The highest BCUT2D eigenvalue weighted by Crippen LogP contribution is 2.19. The van der Waals surface area contributed by atoms with Gasteiger partial charge in [0.1, 0.15) is 11.8 Å². The van der Waals surface area contributed by atoms with Gasteiger partial charge in [0.25, 0.3) is 5.91 Å². The Morgan fingerprint density at radius 3 is 2.49 bits per heavy atom. The number of esters is 1. The number of nitrogens with zero attached hydrogens (tertiary/aromatic N) is 2. The van der Waals surface area contributed by atoms with Crippen molar-refractivity contribution in [2.24, 2.45) is 4.99 Å². The van der Waals surface area contributed by atoms with Crippen molar-refractivity contribution < 1.29 is 33.4 Å². The van der Waals surface area contributed by atoms with Crippen molar-refractivity contribution in [3.63, 3.8) is 0 Å². The van der Waals surface area contributed by atoms with E-state index in [0.717, 1.165) is 10.5 Å². The van der Waals surface area contributed by atoms with E-state index in [2.05, 4.69) is 15.6 Å². The topological polar surface area (TPSA) is 136 Å². The third-order valence-corrected chi connectivity index (χ3v) is 6.49. The molecule has 0 saturated carbocycles. The first-order chi connectivity index (χ1) is 17.7. The number of methoxy groups -OCH3 is 3. The summed E-state index contributed by atoms with van der Waals surface area (Å²) in [4.78, 5) is 54.9. The largest absolute Gasteiger partial charge is 0.497 e. The minimum absolute atomic E-state index is 0.209. The number of ether oxygens (including phenoxy) is 3. The quantitative estimate of drug-likeness (QED) is 0.338. The average Bonchev–Trinajstić information content (AvgIpc) is 3.17. The monoisotopic (exact) mass is 538 g/mol. The van der Waals surface area contributed by atoms with E-state index in [1.165, 1.54) is 26.0 Å². The van der Waals surface area contributed by atoms with Crippen LogP contribution in [0.4, 0.5) is 4.79 Å². The van der Waals surface area contributed by atoms with Gasteiger partial charge in [0.2, 0.25) is 6.41 Å². The molecule has 0 saturated heterocycles. The standard InChI is InChI=1S/C23H32N4O7S.C2H6/c1-14(16-7-6-8-17(33-4)10-9-16)24-23(31)27(13-28)19(15(2)32-3)20(29)26-22-25-18(11-12-35-22)21(30)34-5;1-2/h6,8-10,13-15,18-19H,7,11-12H2,1-5H3,(H,24,31)(H,25,26,29);1-2H3/t14-,15?,18?,19-;/m0./s1. The van der Waals surface area contributed by atoms with Gasteiger partial charge in [-0.2, -0.15) is 0 Å². The van der Waals surface area contributed by atoms with Gasteiger partial charge in [-0.3, -0.25) is 14.5 Å². The van der Waals surface area contributed by atoms with E-state index in [9.17, 15) is 19.2 Å². The minimum Gasteiger partial charge on any atom is -0.497 e. The molecule has 0 spiro atoms. The van der Waals surface area contributed by atoms with Crippen LogP contribution < -0.4 is 10.6 Å². The van der Waals surface area contributed by atoms with E-state index < -0.39 is 42.1 Å². The number of amidine groups is 1. The number of nitrogens with one attached hydrogen (secondary N) is 2. The van der Waals surface area contributed by atoms with Crippen molar-refractivity contribution in [1.29, 1.82) is 0 Å². The van der Waals surface area contributed by atoms with Gasteiger partial charge in [-0.25, -0.2) is 14.6 Å². The molecule has 4 atom stereocenters. The fourth-order valence-electron chi connectivity index (χ4n) is 3.43. The predicted octanol–water partition coefficient (Wildman–Crippen LogP) is 2.54. The first-order valence-electron chi connectivity index (χ1n) is 12.0. The number of imide groups is 1. The van der Waals surface area contributed by atoms with Gasteiger partial charge in [-0.05, 0) is 44.4 Å². The number of carbonyl (C=O) groups excluding carboxylic acids is 4. The van der Waals surface area contributed by atoms with Gasteiger partial charge in [-0.1, -0.05) is 37.8 Å². The van der Waals surface area contributed by atoms with E-state index >= 15 is 0 Å². The Balaban J connectivity index is 0.00000334. The summed E-state index contributed by atoms with van der Waals surface area (Å²) in [6, 6.07) is -3.19. The molecule has 1 aliphatic carbocycles. The summed E-state index contributed by atoms with van der Waals surface area (Å²) in [5.41, 5.74) is 0.884. The van der Waals surface area contributed by atoms with E-state index in [0.29, 0.717) is 30.8 Å². The van der Waals surface area contributed by atoms with Crippen LogP contribution in [-0.2, 0) is 28.6 Å². The van der Waals surface area contributed by atoms with Gasteiger partial charge in [0.15, 0.2) is 11.2 Å². The molecule has 2 unspecified atom stereocenters. The molecular formula is C25H38N4O7S. The van der Waals surface area contributed by atoms with Crippen LogP contribution >= 0.6 is 11.8 Å². The third kappa shape index (κ3) is 9.36. The molecule has 0 aromatic carbocycles. The number of allylic oxidation sites excluding steroid dienone is 4. The molecule has 0 radical (unpaired) electrons. The Morgan fingerprint density at radius 2 is 1.89 bits per heavy atom. The number of thioether (sulfide) groups is 1. The first-order valence-corrected chi connectivity index (χ1v) is 13.0. The van der Waals surface area contributed by atoms with Crippen molar-refractivity contribution >= 4 is 41.2 Å². The van der Waals surface area contributed by atoms with Gasteiger partial charge in [-0.15, -0.1) is 0 Å². The van der Waals surface area contributed by atoms with Gasteiger partial charge < -0.3 is 24.8 Å². The Bertz CT molecular complexity index is 932. The highest BCUT2D eigenvalue weighted by Gasteiger charge is 2.36. The fraction of sp³-hybridized carbons (Fsp3) is 0.560. The molecule has 4 amide bonds. The fourth-order valence-corrected chi connectivity index (χ4v) is 4.34. The summed E-state index contributed by atoms with van der Waals surface area (Å²) in [5.74, 6) is 0.0467. The number of hydrogen-bond acceptors (Lipinski definition) is 9. The summed E-state index contributed by atoms with van der Waals surface area (Å²) >= 11 is 1.25. The maximum Gasteiger partial charge on any atom is 0.330 e. The smallest absolute Gasteiger partial charge is 0.330 e. The van der Waals surface area contributed by atoms with Crippen molar-refractivity contribution in [3.8, 4) is 0 Å². The Kier molecular flexibility index (Phi) is 14.3. The Labute approximate surface area is 222 Å². The lowest BCUT2D eigenvalue weighted by Crippen LogP contribution is -2.58. The molecular weight excluding hydrogens is 500 g/mol. The zero-order chi connectivity index (χ0) is 28.0. The van der Waals surface area contributed by atoms with Crippen LogP contribution in [0.25, 0.3) is 0 Å². The summed E-state index contributed by atoms with van der Waals surface area (Å²) in [6.07, 6.45) is 7.87. The molecule has 12 heteroatoms. The number of amides is 4. The highest BCUT2D eigenvalue weighted by molar-refractivity contribution is 8.13. The van der Waals surface area contributed by atoms with Crippen molar-refractivity contribution in [3.05, 3.63) is 35.6 Å². The Morgan fingerprint density at radius 1 is 1.19 bits per heavy atom. The summed E-state index contributed by atoms with van der Waals surface area (Å²) in [7, 11) is 4.21. The van der Waals surface area contributed by atoms with Crippen LogP contribution in [0.2, 0.25) is 0 Å². The number of hydrogen-bond donors (Lipinski definition) is 2. The molecule has 1 heterocycles. The summed E-state index contributed by atoms with van der Waals surface area (Å²) < 4.78 is 15.2. The van der Waals surface area contributed by atoms with E-state index in [4.69, 9.17) is 14.2 Å². The van der Waals surface area contributed by atoms with Crippen molar-refractivity contribution in [1.82, 2.24) is 15.5 Å². The molecule has 0 bridgehead atoms. The lowest BCUT2D eigenvalue weighted by Gasteiger charge is -2.31. The second kappa shape index (κ2) is 16.6.